The molecule has 2 aromatic rings. The van der Waals surface area contributed by atoms with Gasteiger partial charge in [-0.3, -0.25) is 4.79 Å². The molecule has 1 aliphatic rings. The number of rotatable bonds is 4. The van der Waals surface area contributed by atoms with Gasteiger partial charge >= 0.3 is 0 Å². The average Bonchev–Trinajstić information content (AvgIpc) is 2.56. The van der Waals surface area contributed by atoms with Gasteiger partial charge in [-0.25, -0.2) is 4.98 Å². The number of benzene rings is 1. The lowest BCUT2D eigenvalue weighted by Crippen LogP contribution is -2.29. The lowest BCUT2D eigenvalue weighted by atomic mass is 10.1. The number of aldehydes is 1. The molecule has 6 nitrogen and oxygen atoms in total. The van der Waals surface area contributed by atoms with E-state index in [2.05, 4.69) is 32.3 Å². The highest BCUT2D eigenvalue weighted by Gasteiger charge is 2.13. The molecule has 2 heterocycles. The van der Waals surface area contributed by atoms with Gasteiger partial charge in [0, 0.05) is 24.5 Å². The Morgan fingerprint density at radius 2 is 1.83 bits per heavy atom. The highest BCUT2D eigenvalue weighted by molar-refractivity contribution is 6.32. The summed E-state index contributed by atoms with van der Waals surface area (Å²) in [5, 5.41) is 3.11. The lowest BCUT2D eigenvalue weighted by Gasteiger charge is -2.28. The number of nitrogens with one attached hydrogen (secondary N) is 1. The van der Waals surface area contributed by atoms with E-state index in [1.54, 1.807) is 0 Å². The van der Waals surface area contributed by atoms with Crippen LogP contribution >= 0.6 is 11.6 Å². The first-order chi connectivity index (χ1) is 11.2. The minimum absolute atomic E-state index is 0.0213. The van der Waals surface area contributed by atoms with Gasteiger partial charge in [-0.15, -0.1) is 0 Å². The zero-order valence-corrected chi connectivity index (χ0v) is 13.4. The smallest absolute Gasteiger partial charge is 0.223 e. The number of nitrogen functional groups attached to an aromatic ring is 1. The largest absolute Gasteiger partial charge is 0.372 e. The Balaban J connectivity index is 1.79. The van der Waals surface area contributed by atoms with Gasteiger partial charge in [-0.2, -0.15) is 4.98 Å². The fourth-order valence-corrected chi connectivity index (χ4v) is 2.92. The molecule has 0 radical (unpaired) electrons. The van der Waals surface area contributed by atoms with Crippen LogP contribution in [0.3, 0.4) is 0 Å². The maximum absolute atomic E-state index is 11.2. The summed E-state index contributed by atoms with van der Waals surface area (Å²) in [7, 11) is 0. The zero-order valence-electron chi connectivity index (χ0n) is 12.6. The van der Waals surface area contributed by atoms with Crippen molar-refractivity contribution in [2.45, 2.75) is 19.3 Å². The molecule has 1 saturated heterocycles. The molecule has 23 heavy (non-hydrogen) atoms. The third-order valence-corrected chi connectivity index (χ3v) is 4.17. The number of carbonyl (C=O) groups is 1. The number of hydrogen-bond donors (Lipinski definition) is 2. The maximum Gasteiger partial charge on any atom is 0.223 e. The predicted molar refractivity (Wildman–Crippen MR) is 92.6 cm³/mol. The molecule has 0 atom stereocenters. The quantitative estimate of drug-likeness (QED) is 0.661. The fraction of sp³-hybridized carbons (Fsp3) is 0.312. The third-order valence-electron chi connectivity index (χ3n) is 3.89. The molecule has 3 N–H and O–H groups in total. The number of nitrogens with two attached hydrogens (primary N) is 1. The molecule has 1 aliphatic heterocycles. The minimum atomic E-state index is 0.0213. The summed E-state index contributed by atoms with van der Waals surface area (Å²) in [6.07, 6.45) is 4.40. The Hall–Kier alpha value is -2.34. The van der Waals surface area contributed by atoms with Gasteiger partial charge in [0.25, 0.3) is 0 Å². The SMILES string of the molecule is Nc1nc(Cl)c(C=O)c(Nc2ccc(N3CCCCC3)cc2)n1. The van der Waals surface area contributed by atoms with Crippen LogP contribution in [-0.4, -0.2) is 29.3 Å². The second-order valence-corrected chi connectivity index (χ2v) is 5.83. The van der Waals surface area contributed by atoms with Crippen LogP contribution in [-0.2, 0) is 0 Å². The number of nitrogens with zero attached hydrogens (tertiary/aromatic N) is 3. The van der Waals surface area contributed by atoms with Crippen LogP contribution in [0, 0.1) is 0 Å². The summed E-state index contributed by atoms with van der Waals surface area (Å²) < 4.78 is 0. The first kappa shape index (κ1) is 15.6. The average molecular weight is 332 g/mol. The molecule has 1 aromatic heterocycles. The van der Waals surface area contributed by atoms with Gasteiger partial charge in [-0.1, -0.05) is 11.6 Å². The van der Waals surface area contributed by atoms with Crippen LogP contribution in [0.5, 0.6) is 0 Å². The summed E-state index contributed by atoms with van der Waals surface area (Å²) in [6.45, 7) is 2.19. The van der Waals surface area contributed by atoms with Crippen molar-refractivity contribution in [1.82, 2.24) is 9.97 Å². The molecule has 0 bridgehead atoms. The number of carbonyl (C=O) groups excluding carboxylic acids is 1. The van der Waals surface area contributed by atoms with E-state index in [0.29, 0.717) is 12.1 Å². The summed E-state index contributed by atoms with van der Waals surface area (Å²) in [5.41, 5.74) is 7.79. The molecule has 7 heteroatoms. The Morgan fingerprint density at radius 1 is 1.13 bits per heavy atom. The summed E-state index contributed by atoms with van der Waals surface area (Å²) in [5.74, 6) is 0.330. The third kappa shape index (κ3) is 3.53. The van der Waals surface area contributed by atoms with E-state index >= 15 is 0 Å². The standard InChI is InChI=1S/C16H18ClN5O/c17-14-13(10-23)15(21-16(18)20-14)19-11-4-6-12(7-5-11)22-8-2-1-3-9-22/h4-7,10H,1-3,8-9H2,(H3,18,19,20,21). The summed E-state index contributed by atoms with van der Waals surface area (Å²) in [6, 6.07) is 8.01. The highest BCUT2D eigenvalue weighted by atomic mass is 35.5. The fourth-order valence-electron chi connectivity index (χ4n) is 2.70. The van der Waals surface area contributed by atoms with Crippen LogP contribution in [0.4, 0.5) is 23.1 Å². The Morgan fingerprint density at radius 3 is 2.48 bits per heavy atom. The Bertz CT molecular complexity index is 698. The molecule has 0 spiro atoms. The van der Waals surface area contributed by atoms with Crippen molar-refractivity contribution in [1.29, 1.82) is 0 Å². The number of anilines is 4. The van der Waals surface area contributed by atoms with Crippen molar-refractivity contribution < 1.29 is 4.79 Å². The van der Waals surface area contributed by atoms with Crippen molar-refractivity contribution in [3.8, 4) is 0 Å². The van der Waals surface area contributed by atoms with Crippen LogP contribution in [0.1, 0.15) is 29.6 Å². The Kier molecular flexibility index (Phi) is 4.62. The summed E-state index contributed by atoms with van der Waals surface area (Å²) in [4.78, 5) is 21.4. The maximum atomic E-state index is 11.2. The molecule has 1 fully saturated rings. The molecular weight excluding hydrogens is 314 g/mol. The van der Waals surface area contributed by atoms with Gasteiger partial charge in [0.15, 0.2) is 6.29 Å². The van der Waals surface area contributed by atoms with Gasteiger partial charge in [0.2, 0.25) is 5.95 Å². The molecule has 120 valence electrons. The van der Waals surface area contributed by atoms with Crippen LogP contribution in [0.15, 0.2) is 24.3 Å². The van der Waals surface area contributed by atoms with Crippen molar-refractivity contribution >= 4 is 41.0 Å². The van der Waals surface area contributed by atoms with Crippen molar-refractivity contribution in [3.05, 3.63) is 35.0 Å². The predicted octanol–water partition coefficient (Wildman–Crippen LogP) is 3.26. The van der Waals surface area contributed by atoms with Crippen molar-refractivity contribution in [2.75, 3.05) is 29.0 Å². The van der Waals surface area contributed by atoms with Crippen LogP contribution < -0.4 is 16.0 Å². The zero-order chi connectivity index (χ0) is 16.2. The van der Waals surface area contributed by atoms with E-state index in [4.69, 9.17) is 17.3 Å². The first-order valence-corrected chi connectivity index (χ1v) is 7.95. The number of aromatic nitrogens is 2. The molecule has 0 unspecified atom stereocenters. The molecule has 1 aromatic carbocycles. The van der Waals surface area contributed by atoms with Gasteiger partial charge < -0.3 is 16.0 Å². The minimum Gasteiger partial charge on any atom is -0.372 e. The molecule has 3 rings (SSSR count). The van der Waals surface area contributed by atoms with Crippen molar-refractivity contribution in [3.63, 3.8) is 0 Å². The molecule has 0 saturated carbocycles. The van der Waals surface area contributed by atoms with Crippen molar-refractivity contribution in [2.24, 2.45) is 0 Å². The number of piperidine rings is 1. The normalized spacial score (nSPS) is 14.6. The van der Waals surface area contributed by atoms with E-state index in [1.807, 2.05) is 12.1 Å². The van der Waals surface area contributed by atoms with E-state index < -0.39 is 0 Å². The van der Waals surface area contributed by atoms with E-state index in [-0.39, 0.29) is 16.7 Å². The van der Waals surface area contributed by atoms with Gasteiger partial charge in [0.1, 0.15) is 11.0 Å². The molecular formula is C16H18ClN5O. The number of halogens is 1. The highest BCUT2D eigenvalue weighted by Crippen LogP contribution is 2.26. The van der Waals surface area contributed by atoms with Crippen LogP contribution in [0.25, 0.3) is 0 Å². The van der Waals surface area contributed by atoms with E-state index in [1.165, 1.54) is 24.9 Å². The van der Waals surface area contributed by atoms with Gasteiger partial charge in [0.05, 0.1) is 5.56 Å². The topological polar surface area (TPSA) is 84.1 Å². The molecule has 0 amide bonds. The second kappa shape index (κ2) is 6.83. The van der Waals surface area contributed by atoms with Gasteiger partial charge in [-0.05, 0) is 43.5 Å². The summed E-state index contributed by atoms with van der Waals surface area (Å²) >= 11 is 5.92. The lowest BCUT2D eigenvalue weighted by molar-refractivity contribution is 0.112. The monoisotopic (exact) mass is 331 g/mol. The molecule has 0 aliphatic carbocycles. The van der Waals surface area contributed by atoms with Crippen LogP contribution in [0.2, 0.25) is 5.15 Å². The van der Waals surface area contributed by atoms with E-state index in [9.17, 15) is 4.79 Å². The Labute approximate surface area is 139 Å². The first-order valence-electron chi connectivity index (χ1n) is 7.57. The number of hydrogen-bond acceptors (Lipinski definition) is 6. The van der Waals surface area contributed by atoms with E-state index in [0.717, 1.165) is 18.8 Å². The second-order valence-electron chi connectivity index (χ2n) is 5.47.